The van der Waals surface area contributed by atoms with Crippen LogP contribution in [0.1, 0.15) is 13.3 Å². The summed E-state index contributed by atoms with van der Waals surface area (Å²) < 4.78 is 10.7. The van der Waals surface area contributed by atoms with Gasteiger partial charge in [0.1, 0.15) is 5.75 Å². The number of nitrogen functional groups attached to an aromatic ring is 1. The van der Waals surface area contributed by atoms with E-state index in [2.05, 4.69) is 11.8 Å². The monoisotopic (exact) mass is 238 g/mol. The minimum atomic E-state index is 0.677. The molecular formula is C13H22N2O2. The van der Waals surface area contributed by atoms with Crippen LogP contribution in [-0.4, -0.2) is 33.9 Å². The van der Waals surface area contributed by atoms with Crippen molar-refractivity contribution in [2.24, 2.45) is 0 Å². The fourth-order valence-electron chi connectivity index (χ4n) is 1.55. The first-order chi connectivity index (χ1) is 8.20. The van der Waals surface area contributed by atoms with E-state index in [0.717, 1.165) is 24.4 Å². The molecule has 0 aliphatic heterocycles. The van der Waals surface area contributed by atoms with Crippen LogP contribution in [0.4, 0.5) is 11.4 Å². The summed E-state index contributed by atoms with van der Waals surface area (Å²) in [6, 6.07) is 5.85. The first-order valence-corrected chi connectivity index (χ1v) is 5.92. The van der Waals surface area contributed by atoms with Crippen molar-refractivity contribution in [3.05, 3.63) is 18.2 Å². The zero-order chi connectivity index (χ0) is 12.7. The predicted molar refractivity (Wildman–Crippen MR) is 71.8 cm³/mol. The van der Waals surface area contributed by atoms with Crippen molar-refractivity contribution in [3.63, 3.8) is 0 Å². The molecule has 1 aromatic rings. The fraction of sp³-hybridized carbons (Fsp3) is 0.538. The summed E-state index contributed by atoms with van der Waals surface area (Å²) in [6.45, 7) is 4.24. The van der Waals surface area contributed by atoms with E-state index < -0.39 is 0 Å². The molecule has 2 N–H and O–H groups in total. The Morgan fingerprint density at radius 2 is 2.06 bits per heavy atom. The highest BCUT2D eigenvalue weighted by atomic mass is 16.5. The molecule has 0 aliphatic carbocycles. The molecule has 0 heterocycles. The summed E-state index contributed by atoms with van der Waals surface area (Å²) in [6.07, 6.45) is 0.975. The van der Waals surface area contributed by atoms with Crippen molar-refractivity contribution in [2.75, 3.05) is 44.5 Å². The Labute approximate surface area is 103 Å². The van der Waals surface area contributed by atoms with Crippen molar-refractivity contribution in [2.45, 2.75) is 13.3 Å². The van der Waals surface area contributed by atoms with Crippen molar-refractivity contribution in [3.8, 4) is 5.75 Å². The van der Waals surface area contributed by atoms with Crippen LogP contribution in [-0.2, 0) is 4.74 Å². The van der Waals surface area contributed by atoms with E-state index in [9.17, 15) is 0 Å². The highest BCUT2D eigenvalue weighted by Crippen LogP contribution is 2.31. The number of methoxy groups -OCH3 is 1. The Balaban J connectivity index is 2.78. The molecule has 0 amide bonds. The van der Waals surface area contributed by atoms with Gasteiger partial charge in [-0.1, -0.05) is 13.0 Å². The summed E-state index contributed by atoms with van der Waals surface area (Å²) in [5.74, 6) is 0.758. The second-order valence-electron chi connectivity index (χ2n) is 3.95. The fourth-order valence-corrected chi connectivity index (χ4v) is 1.55. The van der Waals surface area contributed by atoms with E-state index in [1.54, 1.807) is 7.11 Å². The summed E-state index contributed by atoms with van der Waals surface area (Å²) in [4.78, 5) is 2.07. The molecule has 4 nitrogen and oxygen atoms in total. The smallest absolute Gasteiger partial charge is 0.144 e. The van der Waals surface area contributed by atoms with Gasteiger partial charge in [-0.15, -0.1) is 0 Å². The van der Waals surface area contributed by atoms with E-state index in [1.165, 1.54) is 0 Å². The molecule has 96 valence electrons. The molecule has 0 radical (unpaired) electrons. The molecule has 0 fully saturated rings. The Hall–Kier alpha value is -1.42. The first kappa shape index (κ1) is 13.6. The van der Waals surface area contributed by atoms with Gasteiger partial charge in [-0.3, -0.25) is 0 Å². The number of hydrogen-bond acceptors (Lipinski definition) is 4. The second-order valence-corrected chi connectivity index (χ2v) is 3.95. The van der Waals surface area contributed by atoms with Crippen molar-refractivity contribution in [1.29, 1.82) is 0 Å². The number of para-hydroxylation sites is 1. The Bertz CT molecular complexity index is 342. The third-order valence-electron chi connectivity index (χ3n) is 2.55. The van der Waals surface area contributed by atoms with E-state index in [4.69, 9.17) is 15.2 Å². The van der Waals surface area contributed by atoms with Gasteiger partial charge in [0.2, 0.25) is 0 Å². The third-order valence-corrected chi connectivity index (χ3v) is 2.55. The number of hydrogen-bond donors (Lipinski definition) is 1. The Morgan fingerprint density at radius 1 is 1.29 bits per heavy atom. The topological polar surface area (TPSA) is 47.7 Å². The van der Waals surface area contributed by atoms with Gasteiger partial charge in [0, 0.05) is 20.7 Å². The Morgan fingerprint density at radius 3 is 2.71 bits per heavy atom. The van der Waals surface area contributed by atoms with E-state index in [-0.39, 0.29) is 0 Å². The molecule has 0 saturated heterocycles. The molecule has 1 rings (SSSR count). The third kappa shape index (κ3) is 3.82. The number of benzene rings is 1. The van der Waals surface area contributed by atoms with E-state index in [1.807, 2.05) is 25.2 Å². The van der Waals surface area contributed by atoms with Crippen LogP contribution in [0.25, 0.3) is 0 Å². The lowest BCUT2D eigenvalue weighted by Crippen LogP contribution is -2.23. The van der Waals surface area contributed by atoms with Crippen molar-refractivity contribution in [1.82, 2.24) is 0 Å². The second kappa shape index (κ2) is 7.01. The van der Waals surface area contributed by atoms with Gasteiger partial charge in [-0.25, -0.2) is 0 Å². The van der Waals surface area contributed by atoms with Crippen LogP contribution in [0.5, 0.6) is 5.75 Å². The maximum absolute atomic E-state index is 6.09. The van der Waals surface area contributed by atoms with Gasteiger partial charge in [0.05, 0.1) is 24.6 Å². The van der Waals surface area contributed by atoms with Gasteiger partial charge in [0.15, 0.2) is 0 Å². The molecule has 0 unspecified atom stereocenters. The minimum Gasteiger partial charge on any atom is -0.491 e. The molecule has 0 aliphatic rings. The highest BCUT2D eigenvalue weighted by molar-refractivity contribution is 5.73. The number of rotatable bonds is 7. The SMILES string of the molecule is CCCOc1cccc(N(C)CCOC)c1N. The van der Waals surface area contributed by atoms with Crippen LogP contribution in [0.3, 0.4) is 0 Å². The van der Waals surface area contributed by atoms with Crippen LogP contribution in [0.2, 0.25) is 0 Å². The van der Waals surface area contributed by atoms with E-state index >= 15 is 0 Å². The average molecular weight is 238 g/mol. The number of likely N-dealkylation sites (N-methyl/N-ethyl adjacent to an activating group) is 1. The quantitative estimate of drug-likeness (QED) is 0.739. The lowest BCUT2D eigenvalue weighted by molar-refractivity contribution is 0.206. The Kier molecular flexibility index (Phi) is 5.63. The van der Waals surface area contributed by atoms with Crippen LogP contribution < -0.4 is 15.4 Å². The number of ether oxygens (including phenoxy) is 2. The highest BCUT2D eigenvalue weighted by Gasteiger charge is 2.09. The van der Waals surface area contributed by atoms with Gasteiger partial charge in [0.25, 0.3) is 0 Å². The largest absolute Gasteiger partial charge is 0.491 e. The molecule has 4 heteroatoms. The predicted octanol–water partition coefficient (Wildman–Crippen LogP) is 2.14. The summed E-state index contributed by atoms with van der Waals surface area (Å²) in [5, 5.41) is 0. The normalized spacial score (nSPS) is 10.3. The zero-order valence-electron chi connectivity index (χ0n) is 10.9. The van der Waals surface area contributed by atoms with Gasteiger partial charge in [-0.2, -0.15) is 0 Å². The number of nitrogens with two attached hydrogens (primary N) is 1. The molecule has 0 saturated carbocycles. The molecule has 17 heavy (non-hydrogen) atoms. The molecule has 1 aromatic carbocycles. The minimum absolute atomic E-state index is 0.677. The molecule has 0 aromatic heterocycles. The maximum Gasteiger partial charge on any atom is 0.144 e. The lowest BCUT2D eigenvalue weighted by Gasteiger charge is -2.22. The van der Waals surface area contributed by atoms with Crippen LogP contribution >= 0.6 is 0 Å². The van der Waals surface area contributed by atoms with Crippen LogP contribution in [0.15, 0.2) is 18.2 Å². The number of anilines is 2. The maximum atomic E-state index is 6.09. The first-order valence-electron chi connectivity index (χ1n) is 5.92. The molecular weight excluding hydrogens is 216 g/mol. The van der Waals surface area contributed by atoms with Crippen molar-refractivity contribution < 1.29 is 9.47 Å². The van der Waals surface area contributed by atoms with Gasteiger partial charge < -0.3 is 20.1 Å². The summed E-state index contributed by atoms with van der Waals surface area (Å²) in [7, 11) is 3.69. The standard InChI is InChI=1S/C13H22N2O2/c1-4-9-17-12-7-5-6-11(13(12)14)15(2)8-10-16-3/h5-7H,4,8-10,14H2,1-3H3. The van der Waals surface area contributed by atoms with Crippen LogP contribution in [0, 0.1) is 0 Å². The molecule has 0 spiro atoms. The van der Waals surface area contributed by atoms with E-state index in [0.29, 0.717) is 18.9 Å². The zero-order valence-corrected chi connectivity index (χ0v) is 10.9. The molecule has 0 bridgehead atoms. The van der Waals surface area contributed by atoms with Gasteiger partial charge >= 0.3 is 0 Å². The van der Waals surface area contributed by atoms with Crippen molar-refractivity contribution >= 4 is 11.4 Å². The molecule has 0 atom stereocenters. The summed E-state index contributed by atoms with van der Waals surface area (Å²) >= 11 is 0. The lowest BCUT2D eigenvalue weighted by atomic mass is 10.2. The summed E-state index contributed by atoms with van der Waals surface area (Å²) in [5.41, 5.74) is 7.77. The average Bonchev–Trinajstić information content (AvgIpc) is 2.34. The number of nitrogens with zero attached hydrogens (tertiary/aromatic N) is 1. The van der Waals surface area contributed by atoms with Gasteiger partial charge in [-0.05, 0) is 18.6 Å².